The number of benzene rings is 1. The topological polar surface area (TPSA) is 84.5 Å². The molecule has 2 amide bonds. The molecule has 0 bridgehead atoms. The van der Waals surface area contributed by atoms with Crippen molar-refractivity contribution in [2.45, 2.75) is 18.6 Å². The number of hydrogen-bond donors (Lipinski definition) is 0. The van der Waals surface area contributed by atoms with E-state index in [1.54, 1.807) is 22.1 Å². The van der Waals surface area contributed by atoms with E-state index in [1.807, 2.05) is 17.6 Å². The van der Waals surface area contributed by atoms with Crippen molar-refractivity contribution in [3.05, 3.63) is 53.0 Å². The Morgan fingerprint density at radius 3 is 2.56 bits per heavy atom. The lowest BCUT2D eigenvalue weighted by Gasteiger charge is -2.35. The largest absolute Gasteiger partial charge is 0.461 e. The SMILES string of the molecule is CCn1c(SCC(=O)N2CCN(C(=O)c3ccc(F)cc3Cl)CC2)nnc1-c1ccco1. The number of furan rings is 1. The molecule has 3 heterocycles. The summed E-state index contributed by atoms with van der Waals surface area (Å²) in [6.07, 6.45) is 1.58. The van der Waals surface area contributed by atoms with Crippen molar-refractivity contribution >= 4 is 35.2 Å². The Kier molecular flexibility index (Phi) is 6.80. The smallest absolute Gasteiger partial charge is 0.255 e. The van der Waals surface area contributed by atoms with E-state index in [1.165, 1.54) is 23.9 Å². The molecule has 0 aliphatic carbocycles. The van der Waals surface area contributed by atoms with Crippen LogP contribution in [0.5, 0.6) is 0 Å². The van der Waals surface area contributed by atoms with Crippen molar-refractivity contribution in [2.75, 3.05) is 31.9 Å². The first-order valence-electron chi connectivity index (χ1n) is 10.1. The number of hydrogen-bond acceptors (Lipinski definition) is 6. The Morgan fingerprint density at radius 1 is 1.16 bits per heavy atom. The van der Waals surface area contributed by atoms with Crippen molar-refractivity contribution < 1.29 is 18.4 Å². The van der Waals surface area contributed by atoms with Crippen LogP contribution in [0.3, 0.4) is 0 Å². The first-order valence-corrected chi connectivity index (χ1v) is 11.5. The third-order valence-corrected chi connectivity index (χ3v) is 6.44. The zero-order chi connectivity index (χ0) is 22.7. The van der Waals surface area contributed by atoms with E-state index < -0.39 is 5.82 Å². The summed E-state index contributed by atoms with van der Waals surface area (Å²) in [6, 6.07) is 7.32. The monoisotopic (exact) mass is 477 g/mol. The lowest BCUT2D eigenvalue weighted by Crippen LogP contribution is -2.51. The molecular weight excluding hydrogens is 457 g/mol. The molecule has 0 N–H and O–H groups in total. The molecule has 0 spiro atoms. The molecule has 0 saturated carbocycles. The summed E-state index contributed by atoms with van der Waals surface area (Å²) in [7, 11) is 0. The Hall–Kier alpha value is -2.85. The highest BCUT2D eigenvalue weighted by Gasteiger charge is 2.26. The van der Waals surface area contributed by atoms with Gasteiger partial charge in [0.1, 0.15) is 5.82 Å². The van der Waals surface area contributed by atoms with Crippen molar-refractivity contribution in [3.8, 4) is 11.6 Å². The van der Waals surface area contributed by atoms with E-state index in [4.69, 9.17) is 16.0 Å². The molecule has 4 rings (SSSR count). The molecule has 2 aromatic heterocycles. The summed E-state index contributed by atoms with van der Waals surface area (Å²) >= 11 is 7.33. The lowest BCUT2D eigenvalue weighted by atomic mass is 10.1. The van der Waals surface area contributed by atoms with Crippen LogP contribution >= 0.6 is 23.4 Å². The highest BCUT2D eigenvalue weighted by Crippen LogP contribution is 2.25. The summed E-state index contributed by atoms with van der Waals surface area (Å²) in [5.41, 5.74) is 0.259. The maximum Gasteiger partial charge on any atom is 0.255 e. The average molecular weight is 478 g/mol. The Bertz CT molecular complexity index is 1110. The van der Waals surface area contributed by atoms with Crippen LogP contribution in [0.15, 0.2) is 46.2 Å². The van der Waals surface area contributed by atoms with Gasteiger partial charge in [0.15, 0.2) is 16.7 Å². The number of carbonyl (C=O) groups is 2. The molecule has 1 fully saturated rings. The second-order valence-electron chi connectivity index (χ2n) is 7.11. The van der Waals surface area contributed by atoms with Crippen molar-refractivity contribution in [2.24, 2.45) is 0 Å². The van der Waals surface area contributed by atoms with E-state index >= 15 is 0 Å². The van der Waals surface area contributed by atoms with Gasteiger partial charge in [0.25, 0.3) is 5.91 Å². The van der Waals surface area contributed by atoms with Crippen molar-refractivity contribution in [1.29, 1.82) is 0 Å². The first kappa shape index (κ1) is 22.3. The second kappa shape index (κ2) is 9.74. The summed E-state index contributed by atoms with van der Waals surface area (Å²) in [5, 5.41) is 9.11. The summed E-state index contributed by atoms with van der Waals surface area (Å²) in [4.78, 5) is 28.7. The number of carbonyl (C=O) groups excluding carboxylic acids is 2. The van der Waals surface area contributed by atoms with Crippen LogP contribution in [0.25, 0.3) is 11.6 Å². The minimum atomic E-state index is -0.491. The van der Waals surface area contributed by atoms with Gasteiger partial charge in [0.2, 0.25) is 5.91 Å². The maximum absolute atomic E-state index is 13.2. The highest BCUT2D eigenvalue weighted by molar-refractivity contribution is 7.99. The van der Waals surface area contributed by atoms with Crippen LogP contribution in [0.1, 0.15) is 17.3 Å². The fourth-order valence-corrected chi connectivity index (χ4v) is 4.63. The number of thioether (sulfide) groups is 1. The standard InChI is InChI=1S/C21H21ClFN5O3S/c1-2-28-19(17-4-3-11-31-17)24-25-21(28)32-13-18(29)26-7-9-27(10-8-26)20(30)15-6-5-14(23)12-16(15)22/h3-6,11-12H,2,7-10,13H2,1H3. The third kappa shape index (κ3) is 4.66. The molecule has 168 valence electrons. The van der Waals surface area contributed by atoms with Crippen LogP contribution in [-0.4, -0.2) is 68.3 Å². The number of nitrogens with zero attached hydrogens (tertiary/aromatic N) is 5. The van der Waals surface area contributed by atoms with Gasteiger partial charge in [0, 0.05) is 32.7 Å². The van der Waals surface area contributed by atoms with Crippen LogP contribution in [0, 0.1) is 5.82 Å². The Morgan fingerprint density at radius 2 is 1.91 bits per heavy atom. The fourth-order valence-electron chi connectivity index (χ4n) is 3.48. The van der Waals surface area contributed by atoms with E-state index in [0.717, 1.165) is 6.07 Å². The van der Waals surface area contributed by atoms with Gasteiger partial charge in [-0.15, -0.1) is 10.2 Å². The normalized spacial score (nSPS) is 14.1. The summed E-state index contributed by atoms with van der Waals surface area (Å²) in [6.45, 7) is 4.23. The van der Waals surface area contributed by atoms with Gasteiger partial charge in [-0.1, -0.05) is 23.4 Å². The molecular formula is C21H21ClFN5O3S. The van der Waals surface area contributed by atoms with Crippen LogP contribution < -0.4 is 0 Å². The van der Waals surface area contributed by atoms with Crippen molar-refractivity contribution in [3.63, 3.8) is 0 Å². The van der Waals surface area contributed by atoms with E-state index in [2.05, 4.69) is 10.2 Å². The minimum absolute atomic E-state index is 0.0351. The van der Waals surface area contributed by atoms with Crippen LogP contribution in [-0.2, 0) is 11.3 Å². The highest BCUT2D eigenvalue weighted by atomic mass is 35.5. The quantitative estimate of drug-likeness (QED) is 0.506. The molecule has 0 radical (unpaired) electrons. The molecule has 32 heavy (non-hydrogen) atoms. The molecule has 8 nitrogen and oxygen atoms in total. The lowest BCUT2D eigenvalue weighted by molar-refractivity contribution is -0.129. The molecule has 1 saturated heterocycles. The van der Waals surface area contributed by atoms with Gasteiger partial charge in [-0.25, -0.2) is 4.39 Å². The molecule has 0 atom stereocenters. The number of amides is 2. The van der Waals surface area contributed by atoms with Gasteiger partial charge in [0.05, 0.1) is 22.6 Å². The van der Waals surface area contributed by atoms with Crippen molar-refractivity contribution in [1.82, 2.24) is 24.6 Å². The van der Waals surface area contributed by atoms with E-state index in [-0.39, 0.29) is 28.2 Å². The van der Waals surface area contributed by atoms with E-state index in [9.17, 15) is 14.0 Å². The van der Waals surface area contributed by atoms with Crippen LogP contribution in [0.4, 0.5) is 4.39 Å². The molecule has 11 heteroatoms. The molecule has 1 aliphatic rings. The first-order chi connectivity index (χ1) is 15.5. The molecule has 3 aromatic rings. The van der Waals surface area contributed by atoms with Crippen LogP contribution in [0.2, 0.25) is 5.02 Å². The number of rotatable bonds is 6. The van der Waals surface area contributed by atoms with Gasteiger partial charge >= 0.3 is 0 Å². The van der Waals surface area contributed by atoms with E-state index in [0.29, 0.717) is 49.5 Å². The summed E-state index contributed by atoms with van der Waals surface area (Å²) < 4.78 is 20.5. The molecule has 0 unspecified atom stereocenters. The fraction of sp³-hybridized carbons (Fsp3) is 0.333. The second-order valence-corrected chi connectivity index (χ2v) is 8.46. The Labute approximate surface area is 193 Å². The minimum Gasteiger partial charge on any atom is -0.461 e. The average Bonchev–Trinajstić information content (AvgIpc) is 3.46. The third-order valence-electron chi connectivity index (χ3n) is 5.18. The predicted molar refractivity (Wildman–Crippen MR) is 118 cm³/mol. The van der Waals surface area contributed by atoms with Gasteiger partial charge < -0.3 is 14.2 Å². The Balaban J connectivity index is 1.32. The zero-order valence-electron chi connectivity index (χ0n) is 17.3. The zero-order valence-corrected chi connectivity index (χ0v) is 18.9. The van der Waals surface area contributed by atoms with Gasteiger partial charge in [-0.05, 0) is 37.3 Å². The number of halogens is 2. The van der Waals surface area contributed by atoms with Gasteiger partial charge in [-0.3, -0.25) is 14.2 Å². The number of aromatic nitrogens is 3. The van der Waals surface area contributed by atoms with Gasteiger partial charge in [-0.2, -0.15) is 0 Å². The predicted octanol–water partition coefficient (Wildman–Crippen LogP) is 3.43. The number of piperazine rings is 1. The maximum atomic E-state index is 13.2. The summed E-state index contributed by atoms with van der Waals surface area (Å²) in [5.74, 6) is 0.673. The molecule has 1 aliphatic heterocycles. The molecule has 1 aromatic carbocycles.